The Morgan fingerprint density at radius 3 is 2.41 bits per heavy atom. The summed E-state index contributed by atoms with van der Waals surface area (Å²) >= 11 is 0. The molecule has 0 fully saturated rings. The highest BCUT2D eigenvalue weighted by Crippen LogP contribution is 2.42. The van der Waals surface area contributed by atoms with Crippen molar-refractivity contribution < 1.29 is 14.3 Å². The van der Waals surface area contributed by atoms with Gasteiger partial charge in [0.1, 0.15) is 0 Å². The Bertz CT molecular complexity index is 800. The first kappa shape index (κ1) is 19.3. The van der Waals surface area contributed by atoms with Crippen LogP contribution in [-0.4, -0.2) is 19.1 Å². The van der Waals surface area contributed by atoms with E-state index < -0.39 is 0 Å². The highest BCUT2D eigenvalue weighted by Gasteiger charge is 2.35. The van der Waals surface area contributed by atoms with Crippen LogP contribution < -0.4 is 14.8 Å². The molecular weight excluding hydrogens is 338 g/mol. The number of fused-ring (bicyclic) bond motifs is 1. The maximum Gasteiger partial charge on any atom is 0.252 e. The summed E-state index contributed by atoms with van der Waals surface area (Å²) in [5.41, 5.74) is 3.03. The van der Waals surface area contributed by atoms with Crippen molar-refractivity contribution >= 4 is 5.91 Å². The molecule has 4 heteroatoms. The zero-order valence-electron chi connectivity index (χ0n) is 16.6. The Balaban J connectivity index is 2.01. The molecule has 27 heavy (non-hydrogen) atoms. The van der Waals surface area contributed by atoms with Gasteiger partial charge in [0.15, 0.2) is 11.5 Å². The number of benzene rings is 2. The van der Waals surface area contributed by atoms with Gasteiger partial charge in [-0.15, -0.1) is 0 Å². The van der Waals surface area contributed by atoms with Gasteiger partial charge in [0, 0.05) is 11.5 Å². The average molecular weight is 367 g/mol. The van der Waals surface area contributed by atoms with Crippen molar-refractivity contribution in [2.45, 2.75) is 46.1 Å². The second kappa shape index (κ2) is 8.47. The van der Waals surface area contributed by atoms with E-state index in [9.17, 15) is 4.79 Å². The summed E-state index contributed by atoms with van der Waals surface area (Å²) in [5.74, 6) is 2.22. The molecule has 1 heterocycles. The summed E-state index contributed by atoms with van der Waals surface area (Å²) in [6.07, 6.45) is 0.971. The standard InChI is InChI=1S/C23H29NO3/c1-5-26-20-12-11-16(14-21(20)27-6-2)19(13-15(3)4)22-17-9-7-8-10-18(17)23(25)24-22/h7-12,14-15,19,22H,5-6,13H2,1-4H3,(H,24,25). The lowest BCUT2D eigenvalue weighted by atomic mass is 9.82. The lowest BCUT2D eigenvalue weighted by Gasteiger charge is -2.27. The first-order chi connectivity index (χ1) is 13.0. The van der Waals surface area contributed by atoms with Crippen molar-refractivity contribution in [2.24, 2.45) is 5.92 Å². The molecule has 3 rings (SSSR count). The van der Waals surface area contributed by atoms with Crippen LogP contribution in [0.5, 0.6) is 11.5 Å². The fourth-order valence-electron chi connectivity index (χ4n) is 3.86. The Hall–Kier alpha value is -2.49. The van der Waals surface area contributed by atoms with Crippen LogP contribution in [0, 0.1) is 5.92 Å². The van der Waals surface area contributed by atoms with Gasteiger partial charge in [-0.1, -0.05) is 38.1 Å². The molecule has 0 spiro atoms. The van der Waals surface area contributed by atoms with E-state index in [1.807, 2.05) is 38.1 Å². The monoisotopic (exact) mass is 367 g/mol. The number of nitrogens with one attached hydrogen (secondary N) is 1. The topological polar surface area (TPSA) is 47.6 Å². The minimum atomic E-state index is -0.0245. The van der Waals surface area contributed by atoms with E-state index in [4.69, 9.17) is 9.47 Å². The maximum absolute atomic E-state index is 12.5. The first-order valence-electron chi connectivity index (χ1n) is 9.84. The van der Waals surface area contributed by atoms with Crippen molar-refractivity contribution in [2.75, 3.05) is 13.2 Å². The molecule has 1 N–H and O–H groups in total. The highest BCUT2D eigenvalue weighted by molar-refractivity contribution is 5.99. The summed E-state index contributed by atoms with van der Waals surface area (Å²) in [6.45, 7) is 9.56. The number of carbonyl (C=O) groups is 1. The Morgan fingerprint density at radius 2 is 1.70 bits per heavy atom. The molecule has 0 saturated carbocycles. The Labute approximate surface area is 161 Å². The minimum absolute atomic E-state index is 0.0142. The molecule has 0 saturated heterocycles. The van der Waals surface area contributed by atoms with E-state index in [2.05, 4.69) is 37.4 Å². The molecule has 2 aromatic carbocycles. The summed E-state index contributed by atoms with van der Waals surface area (Å²) in [4.78, 5) is 12.5. The number of hydrogen-bond donors (Lipinski definition) is 1. The third-order valence-electron chi connectivity index (χ3n) is 4.95. The van der Waals surface area contributed by atoms with Crippen LogP contribution in [0.2, 0.25) is 0 Å². The fourth-order valence-corrected chi connectivity index (χ4v) is 3.86. The number of rotatable bonds is 8. The van der Waals surface area contributed by atoms with Gasteiger partial charge in [-0.3, -0.25) is 4.79 Å². The van der Waals surface area contributed by atoms with Gasteiger partial charge in [-0.25, -0.2) is 0 Å². The molecule has 1 aliphatic heterocycles. The van der Waals surface area contributed by atoms with Crippen LogP contribution in [0.3, 0.4) is 0 Å². The van der Waals surface area contributed by atoms with Crippen molar-refractivity contribution in [1.29, 1.82) is 0 Å². The van der Waals surface area contributed by atoms with Crippen LogP contribution in [0.1, 0.15) is 67.6 Å². The van der Waals surface area contributed by atoms with Crippen LogP contribution >= 0.6 is 0 Å². The van der Waals surface area contributed by atoms with Gasteiger partial charge in [-0.05, 0) is 55.5 Å². The predicted molar refractivity (Wildman–Crippen MR) is 108 cm³/mol. The molecule has 4 nitrogen and oxygen atoms in total. The molecule has 1 aliphatic rings. The van der Waals surface area contributed by atoms with Crippen molar-refractivity contribution in [3.05, 3.63) is 59.2 Å². The van der Waals surface area contributed by atoms with E-state index in [0.717, 1.165) is 34.6 Å². The second-order valence-corrected chi connectivity index (χ2v) is 7.35. The lowest BCUT2D eigenvalue weighted by molar-refractivity contribution is 0.0950. The zero-order chi connectivity index (χ0) is 19.4. The van der Waals surface area contributed by atoms with E-state index in [0.29, 0.717) is 19.1 Å². The molecule has 0 aliphatic carbocycles. The highest BCUT2D eigenvalue weighted by atomic mass is 16.5. The van der Waals surface area contributed by atoms with Crippen LogP contribution in [0.15, 0.2) is 42.5 Å². The summed E-state index contributed by atoms with van der Waals surface area (Å²) < 4.78 is 11.5. The van der Waals surface area contributed by atoms with Crippen molar-refractivity contribution in [3.8, 4) is 11.5 Å². The third kappa shape index (κ3) is 4.10. The SMILES string of the molecule is CCOc1ccc(C(CC(C)C)C2NC(=O)c3ccccc32)cc1OCC. The van der Waals surface area contributed by atoms with E-state index in [1.54, 1.807) is 0 Å². The van der Waals surface area contributed by atoms with E-state index >= 15 is 0 Å². The summed E-state index contributed by atoms with van der Waals surface area (Å²) in [6, 6.07) is 14.0. The normalized spacial score (nSPS) is 16.8. The van der Waals surface area contributed by atoms with Gasteiger partial charge in [0.2, 0.25) is 0 Å². The van der Waals surface area contributed by atoms with Crippen LogP contribution in [0.25, 0.3) is 0 Å². The van der Waals surface area contributed by atoms with E-state index in [1.165, 1.54) is 0 Å². The van der Waals surface area contributed by atoms with Gasteiger partial charge in [0.05, 0.1) is 19.3 Å². The van der Waals surface area contributed by atoms with Crippen molar-refractivity contribution in [1.82, 2.24) is 5.32 Å². The molecule has 2 atom stereocenters. The minimum Gasteiger partial charge on any atom is -0.490 e. The molecule has 2 aromatic rings. The van der Waals surface area contributed by atoms with Gasteiger partial charge >= 0.3 is 0 Å². The fraction of sp³-hybridized carbons (Fsp3) is 0.435. The quantitative estimate of drug-likeness (QED) is 0.706. The average Bonchev–Trinajstić information content (AvgIpc) is 2.98. The predicted octanol–water partition coefficient (Wildman–Crippen LogP) is 5.10. The third-order valence-corrected chi connectivity index (χ3v) is 4.95. The first-order valence-corrected chi connectivity index (χ1v) is 9.84. The van der Waals surface area contributed by atoms with Gasteiger partial charge in [0.25, 0.3) is 5.91 Å². The number of ether oxygens (including phenoxy) is 2. The van der Waals surface area contributed by atoms with E-state index in [-0.39, 0.29) is 17.9 Å². The van der Waals surface area contributed by atoms with Crippen LogP contribution in [-0.2, 0) is 0 Å². The van der Waals surface area contributed by atoms with Crippen LogP contribution in [0.4, 0.5) is 0 Å². The summed E-state index contributed by atoms with van der Waals surface area (Å²) in [7, 11) is 0. The Kier molecular flexibility index (Phi) is 6.04. The zero-order valence-corrected chi connectivity index (χ0v) is 16.6. The van der Waals surface area contributed by atoms with Gasteiger partial charge in [-0.2, -0.15) is 0 Å². The number of carbonyl (C=O) groups excluding carboxylic acids is 1. The molecular formula is C23H29NO3. The number of amides is 1. The smallest absolute Gasteiger partial charge is 0.252 e. The number of hydrogen-bond acceptors (Lipinski definition) is 3. The molecule has 0 bridgehead atoms. The Morgan fingerprint density at radius 1 is 1.00 bits per heavy atom. The largest absolute Gasteiger partial charge is 0.490 e. The molecule has 0 radical (unpaired) electrons. The van der Waals surface area contributed by atoms with Crippen molar-refractivity contribution in [3.63, 3.8) is 0 Å². The lowest BCUT2D eigenvalue weighted by Crippen LogP contribution is -2.25. The summed E-state index contributed by atoms with van der Waals surface area (Å²) in [5, 5.41) is 3.20. The second-order valence-electron chi connectivity index (χ2n) is 7.35. The molecule has 2 unspecified atom stereocenters. The molecule has 0 aromatic heterocycles. The maximum atomic E-state index is 12.5. The van der Waals surface area contributed by atoms with Gasteiger partial charge < -0.3 is 14.8 Å². The molecule has 1 amide bonds. The molecule has 144 valence electrons.